The molecule has 0 saturated carbocycles. The summed E-state index contributed by atoms with van der Waals surface area (Å²) in [6.45, 7) is 3.30. The Morgan fingerprint density at radius 3 is 2.63 bits per heavy atom. The van der Waals surface area contributed by atoms with E-state index < -0.39 is 0 Å². The highest BCUT2D eigenvalue weighted by molar-refractivity contribution is 5.81. The highest BCUT2D eigenvalue weighted by atomic mass is 16.5. The minimum Gasteiger partial charge on any atom is -0.373 e. The van der Waals surface area contributed by atoms with Gasteiger partial charge in [-0.2, -0.15) is 0 Å². The lowest BCUT2D eigenvalue weighted by molar-refractivity contribution is -0.139. The van der Waals surface area contributed by atoms with Crippen LogP contribution in [0.5, 0.6) is 0 Å². The Morgan fingerprint density at radius 1 is 1.19 bits per heavy atom. The van der Waals surface area contributed by atoms with E-state index in [4.69, 9.17) is 4.74 Å². The van der Waals surface area contributed by atoms with E-state index in [9.17, 15) is 9.59 Å². The predicted molar refractivity (Wildman–Crippen MR) is 102 cm³/mol. The Morgan fingerprint density at radius 2 is 1.96 bits per heavy atom. The second-order valence-corrected chi connectivity index (χ2v) is 7.66. The fraction of sp³-hybridized carbons (Fsp3) is 0.650. The van der Waals surface area contributed by atoms with E-state index in [1.807, 2.05) is 23.2 Å². The zero-order chi connectivity index (χ0) is 19.2. The van der Waals surface area contributed by atoms with E-state index in [-0.39, 0.29) is 24.0 Å². The average Bonchev–Trinajstić information content (AvgIpc) is 2.72. The van der Waals surface area contributed by atoms with Crippen molar-refractivity contribution in [1.82, 2.24) is 19.7 Å². The van der Waals surface area contributed by atoms with Gasteiger partial charge in [-0.05, 0) is 37.3 Å². The van der Waals surface area contributed by atoms with E-state index in [1.54, 1.807) is 30.1 Å². The number of hydrogen-bond acceptors (Lipinski definition) is 4. The fourth-order valence-corrected chi connectivity index (χ4v) is 3.83. The molecule has 1 aromatic rings. The summed E-state index contributed by atoms with van der Waals surface area (Å²) < 4.78 is 5.98. The number of rotatable bonds is 4. The molecule has 7 heteroatoms. The largest absolute Gasteiger partial charge is 0.373 e. The summed E-state index contributed by atoms with van der Waals surface area (Å²) in [7, 11) is 3.51. The van der Waals surface area contributed by atoms with Crippen LogP contribution in [0.1, 0.15) is 31.2 Å². The summed E-state index contributed by atoms with van der Waals surface area (Å²) in [6.07, 6.45) is 7.24. The molecule has 1 unspecified atom stereocenters. The zero-order valence-corrected chi connectivity index (χ0v) is 16.3. The van der Waals surface area contributed by atoms with Gasteiger partial charge >= 0.3 is 6.03 Å². The van der Waals surface area contributed by atoms with E-state index in [2.05, 4.69) is 4.98 Å². The van der Waals surface area contributed by atoms with Crippen LogP contribution in [0.15, 0.2) is 24.5 Å². The lowest BCUT2D eigenvalue weighted by atomic mass is 9.95. The number of pyridine rings is 1. The smallest absolute Gasteiger partial charge is 0.319 e. The van der Waals surface area contributed by atoms with Crippen molar-refractivity contribution in [2.75, 3.05) is 40.3 Å². The quantitative estimate of drug-likeness (QED) is 0.808. The van der Waals surface area contributed by atoms with Crippen LogP contribution in [0.2, 0.25) is 0 Å². The van der Waals surface area contributed by atoms with E-state index in [0.717, 1.165) is 50.9 Å². The topological polar surface area (TPSA) is 66.0 Å². The molecule has 0 bridgehead atoms. The number of aromatic nitrogens is 1. The van der Waals surface area contributed by atoms with Gasteiger partial charge in [0, 0.05) is 52.7 Å². The minimum absolute atomic E-state index is 0.00462. The van der Waals surface area contributed by atoms with Crippen LogP contribution in [0, 0.1) is 5.92 Å². The second kappa shape index (κ2) is 9.17. The molecule has 3 amide bonds. The molecule has 2 aliphatic rings. The van der Waals surface area contributed by atoms with Crippen molar-refractivity contribution < 1.29 is 14.3 Å². The van der Waals surface area contributed by atoms with Gasteiger partial charge in [0.05, 0.1) is 18.6 Å². The van der Waals surface area contributed by atoms with Gasteiger partial charge < -0.3 is 19.4 Å². The molecule has 2 fully saturated rings. The molecule has 0 radical (unpaired) electrons. The molecular weight excluding hydrogens is 344 g/mol. The van der Waals surface area contributed by atoms with Crippen molar-refractivity contribution in [3.8, 4) is 0 Å². The summed E-state index contributed by atoms with van der Waals surface area (Å²) in [4.78, 5) is 34.5. The van der Waals surface area contributed by atoms with Crippen molar-refractivity contribution in [1.29, 1.82) is 0 Å². The van der Waals surface area contributed by atoms with Gasteiger partial charge in [-0.25, -0.2) is 4.79 Å². The molecule has 148 valence electrons. The van der Waals surface area contributed by atoms with E-state index in [1.165, 1.54) is 0 Å². The normalized spacial score (nSPS) is 21.2. The van der Waals surface area contributed by atoms with E-state index in [0.29, 0.717) is 13.2 Å². The zero-order valence-electron chi connectivity index (χ0n) is 16.3. The second-order valence-electron chi connectivity index (χ2n) is 7.66. The molecule has 0 aromatic carbocycles. The summed E-state index contributed by atoms with van der Waals surface area (Å²) >= 11 is 0. The van der Waals surface area contributed by atoms with Crippen LogP contribution >= 0.6 is 0 Å². The summed E-state index contributed by atoms with van der Waals surface area (Å²) in [5, 5.41) is 0. The number of likely N-dealkylation sites (tertiary alicyclic amines) is 2. The third kappa shape index (κ3) is 5.19. The SMILES string of the molecule is CN(C)C(=O)N1CCCC(C(=O)N2CCC(OCc3cccnc3)CC2)C1. The number of carbonyl (C=O) groups excluding carboxylic acids is 2. The first kappa shape index (κ1) is 19.6. The molecule has 2 saturated heterocycles. The van der Waals surface area contributed by atoms with Crippen molar-refractivity contribution in [3.05, 3.63) is 30.1 Å². The summed E-state index contributed by atoms with van der Waals surface area (Å²) in [5.74, 6) is 0.118. The third-order valence-corrected chi connectivity index (χ3v) is 5.39. The fourth-order valence-electron chi connectivity index (χ4n) is 3.83. The van der Waals surface area contributed by atoms with E-state index >= 15 is 0 Å². The maximum absolute atomic E-state index is 12.9. The Labute approximate surface area is 161 Å². The Kier molecular flexibility index (Phi) is 6.66. The average molecular weight is 374 g/mol. The summed E-state index contributed by atoms with van der Waals surface area (Å²) in [5.41, 5.74) is 1.07. The summed E-state index contributed by atoms with van der Waals surface area (Å²) in [6, 6.07) is 3.92. The van der Waals surface area contributed by atoms with Crippen LogP contribution in [-0.2, 0) is 16.1 Å². The number of hydrogen-bond donors (Lipinski definition) is 0. The Balaban J connectivity index is 1.44. The van der Waals surface area contributed by atoms with Gasteiger partial charge in [-0.1, -0.05) is 6.07 Å². The number of ether oxygens (including phenoxy) is 1. The Bertz CT molecular complexity index is 629. The first-order chi connectivity index (χ1) is 13.0. The molecule has 0 aliphatic carbocycles. The highest BCUT2D eigenvalue weighted by Gasteiger charge is 2.33. The molecule has 0 N–H and O–H groups in total. The van der Waals surface area contributed by atoms with Crippen LogP contribution in [0.25, 0.3) is 0 Å². The third-order valence-electron chi connectivity index (χ3n) is 5.39. The van der Waals surface area contributed by atoms with Crippen LogP contribution in [-0.4, -0.2) is 78.0 Å². The van der Waals surface area contributed by atoms with Gasteiger partial charge in [0.15, 0.2) is 0 Å². The molecule has 3 rings (SSSR count). The molecule has 2 aliphatic heterocycles. The number of nitrogens with zero attached hydrogens (tertiary/aromatic N) is 4. The predicted octanol–water partition coefficient (Wildman–Crippen LogP) is 1.98. The van der Waals surface area contributed by atoms with Gasteiger partial charge in [0.25, 0.3) is 0 Å². The maximum Gasteiger partial charge on any atom is 0.319 e. The molecule has 3 heterocycles. The van der Waals surface area contributed by atoms with Crippen molar-refractivity contribution in [2.24, 2.45) is 5.92 Å². The van der Waals surface area contributed by atoms with Gasteiger partial charge in [-0.15, -0.1) is 0 Å². The first-order valence-electron chi connectivity index (χ1n) is 9.80. The Hall–Kier alpha value is -2.15. The van der Waals surface area contributed by atoms with Gasteiger partial charge in [0.1, 0.15) is 0 Å². The van der Waals surface area contributed by atoms with Crippen molar-refractivity contribution in [2.45, 2.75) is 38.4 Å². The molecule has 27 heavy (non-hydrogen) atoms. The molecule has 1 aromatic heterocycles. The highest BCUT2D eigenvalue weighted by Crippen LogP contribution is 2.23. The first-order valence-corrected chi connectivity index (χ1v) is 9.80. The van der Waals surface area contributed by atoms with Crippen LogP contribution in [0.3, 0.4) is 0 Å². The van der Waals surface area contributed by atoms with Crippen LogP contribution in [0.4, 0.5) is 4.79 Å². The molecule has 1 atom stereocenters. The van der Waals surface area contributed by atoms with Crippen LogP contribution < -0.4 is 0 Å². The number of piperidine rings is 2. The van der Waals surface area contributed by atoms with Crippen molar-refractivity contribution in [3.63, 3.8) is 0 Å². The molecule has 7 nitrogen and oxygen atoms in total. The number of carbonyl (C=O) groups is 2. The van der Waals surface area contributed by atoms with Gasteiger partial charge in [-0.3, -0.25) is 9.78 Å². The molecular formula is C20H30N4O3. The lowest BCUT2D eigenvalue weighted by Crippen LogP contribution is -2.51. The standard InChI is InChI=1S/C20H30N4O3/c1-22(2)20(26)24-10-4-6-17(14-24)19(25)23-11-7-18(8-12-23)27-15-16-5-3-9-21-13-16/h3,5,9,13,17-18H,4,6-8,10-12,14-15H2,1-2H3. The molecule has 0 spiro atoms. The maximum atomic E-state index is 12.9. The number of urea groups is 1. The lowest BCUT2D eigenvalue weighted by Gasteiger charge is -2.38. The number of amides is 3. The van der Waals surface area contributed by atoms with Crippen molar-refractivity contribution >= 4 is 11.9 Å². The minimum atomic E-state index is -0.0736. The monoisotopic (exact) mass is 374 g/mol. The van der Waals surface area contributed by atoms with Gasteiger partial charge in [0.2, 0.25) is 5.91 Å².